The molecular formula is C10H22N4O. The lowest BCUT2D eigenvalue weighted by Crippen LogP contribution is -2.45. The van der Waals surface area contributed by atoms with Gasteiger partial charge in [-0.1, -0.05) is 27.7 Å². The van der Waals surface area contributed by atoms with E-state index in [1.54, 1.807) is 0 Å². The first-order valence-electron chi connectivity index (χ1n) is 5.19. The van der Waals surface area contributed by atoms with Crippen LogP contribution < -0.4 is 16.8 Å². The van der Waals surface area contributed by atoms with E-state index < -0.39 is 0 Å². The van der Waals surface area contributed by atoms with E-state index in [-0.39, 0.29) is 29.7 Å². The van der Waals surface area contributed by atoms with Crippen LogP contribution in [0.25, 0.3) is 0 Å². The van der Waals surface area contributed by atoms with Gasteiger partial charge in [0.1, 0.15) is 0 Å². The quantitative estimate of drug-likeness (QED) is 0.423. The summed E-state index contributed by atoms with van der Waals surface area (Å²) in [6.07, 6.45) is 0. The van der Waals surface area contributed by atoms with Crippen molar-refractivity contribution in [2.75, 3.05) is 6.54 Å². The fourth-order valence-electron chi connectivity index (χ4n) is 1.23. The number of rotatable bonds is 6. The fourth-order valence-corrected chi connectivity index (χ4v) is 1.23. The second-order valence-electron chi connectivity index (χ2n) is 4.20. The van der Waals surface area contributed by atoms with Crippen molar-refractivity contribution in [2.24, 2.45) is 22.4 Å². The minimum Gasteiger partial charge on any atom is -0.370 e. The molecule has 0 aromatic heterocycles. The average molecular weight is 214 g/mol. The second-order valence-corrected chi connectivity index (χ2v) is 4.20. The summed E-state index contributed by atoms with van der Waals surface area (Å²) in [7, 11) is 0. The van der Waals surface area contributed by atoms with Crippen molar-refractivity contribution < 1.29 is 4.79 Å². The molecule has 0 saturated heterocycles. The van der Waals surface area contributed by atoms with E-state index in [1.165, 1.54) is 0 Å². The molecule has 15 heavy (non-hydrogen) atoms. The van der Waals surface area contributed by atoms with Crippen LogP contribution in [0.2, 0.25) is 0 Å². The van der Waals surface area contributed by atoms with Crippen molar-refractivity contribution in [2.45, 2.75) is 39.8 Å². The van der Waals surface area contributed by atoms with Crippen LogP contribution in [0.15, 0.2) is 4.99 Å². The van der Waals surface area contributed by atoms with Crippen LogP contribution in [0.5, 0.6) is 0 Å². The van der Waals surface area contributed by atoms with E-state index in [0.717, 1.165) is 0 Å². The molecule has 0 rings (SSSR count). The van der Waals surface area contributed by atoms with E-state index in [4.69, 9.17) is 11.5 Å². The van der Waals surface area contributed by atoms with Crippen LogP contribution in [0.1, 0.15) is 27.7 Å². The van der Waals surface area contributed by atoms with E-state index in [2.05, 4.69) is 10.3 Å². The summed E-state index contributed by atoms with van der Waals surface area (Å²) in [5.41, 5.74) is 10.5. The third-order valence-electron chi connectivity index (χ3n) is 1.90. The van der Waals surface area contributed by atoms with Gasteiger partial charge >= 0.3 is 0 Å². The monoisotopic (exact) mass is 214 g/mol. The molecule has 0 heterocycles. The van der Waals surface area contributed by atoms with Gasteiger partial charge in [0, 0.05) is 12.0 Å². The van der Waals surface area contributed by atoms with Crippen LogP contribution in [0.3, 0.4) is 0 Å². The van der Waals surface area contributed by atoms with E-state index in [1.807, 2.05) is 27.7 Å². The summed E-state index contributed by atoms with van der Waals surface area (Å²) in [5, 5.41) is 3.15. The van der Waals surface area contributed by atoms with E-state index in [0.29, 0.717) is 6.54 Å². The smallest absolute Gasteiger partial charge is 0.185 e. The Kier molecular flexibility index (Phi) is 5.93. The Morgan fingerprint density at radius 1 is 1.27 bits per heavy atom. The number of guanidine groups is 1. The molecule has 88 valence electrons. The Hall–Kier alpha value is -1.10. The van der Waals surface area contributed by atoms with E-state index in [9.17, 15) is 4.79 Å². The highest BCUT2D eigenvalue weighted by Crippen LogP contribution is 2.01. The summed E-state index contributed by atoms with van der Waals surface area (Å²) in [6, 6.07) is -0.0704. The summed E-state index contributed by atoms with van der Waals surface area (Å²) < 4.78 is 0. The maximum atomic E-state index is 11.8. The standard InChI is InChI=1S/C10H22N4O/c1-6(2)9(15)8(14-7(3)4)5-13-10(11)12/h6-8,14H,5H2,1-4H3,(H4,11,12,13)/t8-/m0/s1. The van der Waals surface area contributed by atoms with Gasteiger partial charge in [-0.3, -0.25) is 9.79 Å². The van der Waals surface area contributed by atoms with Crippen molar-refractivity contribution in [3.05, 3.63) is 0 Å². The lowest BCUT2D eigenvalue weighted by atomic mass is 10.0. The molecule has 0 amide bonds. The maximum absolute atomic E-state index is 11.8. The molecule has 0 aliphatic heterocycles. The van der Waals surface area contributed by atoms with Crippen molar-refractivity contribution in [3.8, 4) is 0 Å². The van der Waals surface area contributed by atoms with Crippen LogP contribution in [-0.2, 0) is 4.79 Å². The number of nitrogens with one attached hydrogen (secondary N) is 1. The molecule has 0 spiro atoms. The molecule has 0 aliphatic rings. The number of carbonyl (C=O) groups excluding carboxylic acids is 1. The predicted molar refractivity (Wildman–Crippen MR) is 62.6 cm³/mol. The highest BCUT2D eigenvalue weighted by Gasteiger charge is 2.21. The highest BCUT2D eigenvalue weighted by molar-refractivity contribution is 5.86. The third kappa shape index (κ3) is 6.06. The zero-order valence-electron chi connectivity index (χ0n) is 9.95. The molecule has 0 bridgehead atoms. The number of hydrogen-bond acceptors (Lipinski definition) is 3. The first-order valence-corrected chi connectivity index (χ1v) is 5.19. The lowest BCUT2D eigenvalue weighted by Gasteiger charge is -2.20. The molecule has 0 aliphatic carbocycles. The zero-order valence-corrected chi connectivity index (χ0v) is 9.95. The van der Waals surface area contributed by atoms with Gasteiger partial charge in [-0.15, -0.1) is 0 Å². The normalized spacial score (nSPS) is 12.9. The topological polar surface area (TPSA) is 93.5 Å². The van der Waals surface area contributed by atoms with Crippen molar-refractivity contribution in [1.82, 2.24) is 5.32 Å². The van der Waals surface area contributed by atoms with E-state index >= 15 is 0 Å². The Balaban J connectivity index is 4.44. The first kappa shape index (κ1) is 13.9. The lowest BCUT2D eigenvalue weighted by molar-refractivity contribution is -0.123. The Morgan fingerprint density at radius 3 is 2.13 bits per heavy atom. The molecule has 0 aromatic carbocycles. The van der Waals surface area contributed by atoms with Gasteiger partial charge in [0.25, 0.3) is 0 Å². The number of nitrogens with zero attached hydrogens (tertiary/aromatic N) is 1. The molecular weight excluding hydrogens is 192 g/mol. The Labute approximate surface area is 91.3 Å². The number of nitrogens with two attached hydrogens (primary N) is 2. The van der Waals surface area contributed by atoms with Crippen molar-refractivity contribution >= 4 is 11.7 Å². The summed E-state index contributed by atoms with van der Waals surface area (Å²) in [5.74, 6) is 0.131. The minimum absolute atomic E-state index is 0.0158. The van der Waals surface area contributed by atoms with Gasteiger partial charge in [0.15, 0.2) is 11.7 Å². The number of Topliss-reactive ketones (excluding diaryl/α,β-unsaturated/α-hetero) is 1. The fraction of sp³-hybridized carbons (Fsp3) is 0.800. The molecule has 0 aromatic rings. The largest absolute Gasteiger partial charge is 0.370 e. The summed E-state index contributed by atoms with van der Waals surface area (Å²) in [4.78, 5) is 15.6. The van der Waals surface area contributed by atoms with Crippen molar-refractivity contribution in [1.29, 1.82) is 0 Å². The predicted octanol–water partition coefficient (Wildman–Crippen LogP) is -0.148. The number of ketones is 1. The highest BCUT2D eigenvalue weighted by atomic mass is 16.1. The average Bonchev–Trinajstić information content (AvgIpc) is 2.10. The molecule has 0 radical (unpaired) electrons. The van der Waals surface area contributed by atoms with Crippen LogP contribution >= 0.6 is 0 Å². The van der Waals surface area contributed by atoms with Crippen LogP contribution in [0, 0.1) is 5.92 Å². The third-order valence-corrected chi connectivity index (χ3v) is 1.90. The van der Waals surface area contributed by atoms with Gasteiger partial charge < -0.3 is 16.8 Å². The van der Waals surface area contributed by atoms with Gasteiger partial charge in [-0.2, -0.15) is 0 Å². The Bertz CT molecular complexity index is 232. The van der Waals surface area contributed by atoms with Gasteiger partial charge in [-0.05, 0) is 0 Å². The van der Waals surface area contributed by atoms with Gasteiger partial charge in [-0.25, -0.2) is 0 Å². The zero-order chi connectivity index (χ0) is 12.0. The SMILES string of the molecule is CC(C)N[C@@H](CN=C(N)N)C(=O)C(C)C. The van der Waals surface area contributed by atoms with Gasteiger partial charge in [0.2, 0.25) is 0 Å². The number of carbonyl (C=O) groups is 1. The molecule has 5 nitrogen and oxygen atoms in total. The molecule has 0 fully saturated rings. The first-order chi connectivity index (χ1) is 6.84. The second kappa shape index (κ2) is 6.40. The maximum Gasteiger partial charge on any atom is 0.185 e. The van der Waals surface area contributed by atoms with Crippen molar-refractivity contribution in [3.63, 3.8) is 0 Å². The molecule has 5 heteroatoms. The van der Waals surface area contributed by atoms with Crippen LogP contribution in [0.4, 0.5) is 0 Å². The number of aliphatic imine (C=N–C) groups is 1. The van der Waals surface area contributed by atoms with Gasteiger partial charge in [0.05, 0.1) is 12.6 Å². The molecule has 1 atom stereocenters. The summed E-state index contributed by atoms with van der Waals surface area (Å²) >= 11 is 0. The van der Waals surface area contributed by atoms with Crippen LogP contribution in [-0.4, -0.2) is 30.4 Å². The Morgan fingerprint density at radius 2 is 1.80 bits per heavy atom. The molecule has 5 N–H and O–H groups in total. The minimum atomic E-state index is -0.299. The molecule has 0 unspecified atom stereocenters. The molecule has 0 saturated carbocycles. The summed E-state index contributed by atoms with van der Waals surface area (Å²) in [6.45, 7) is 8.00. The number of hydrogen-bond donors (Lipinski definition) is 3.